The highest BCUT2D eigenvalue weighted by Crippen LogP contribution is 2.14. The summed E-state index contributed by atoms with van der Waals surface area (Å²) in [5, 5.41) is 0. The molecular weight excluding hydrogens is 240 g/mol. The fourth-order valence-electron chi connectivity index (χ4n) is 1.97. The lowest BCUT2D eigenvalue weighted by Gasteiger charge is -2.16. The van der Waals surface area contributed by atoms with E-state index in [9.17, 15) is 4.79 Å². The molecule has 4 heteroatoms. The largest absolute Gasteiger partial charge is 0.459 e. The van der Waals surface area contributed by atoms with Crippen molar-refractivity contribution in [2.45, 2.75) is 20.0 Å². The van der Waals surface area contributed by atoms with E-state index in [0.29, 0.717) is 18.8 Å². The van der Waals surface area contributed by atoms with E-state index in [1.54, 1.807) is 18.0 Å². The zero-order valence-corrected chi connectivity index (χ0v) is 11.2. The summed E-state index contributed by atoms with van der Waals surface area (Å²) in [5.41, 5.74) is 8.59. The maximum atomic E-state index is 12.2. The quantitative estimate of drug-likeness (QED) is 0.915. The Labute approximate surface area is 112 Å². The Kier molecular flexibility index (Phi) is 4.02. The van der Waals surface area contributed by atoms with Crippen molar-refractivity contribution in [1.82, 2.24) is 4.90 Å². The van der Waals surface area contributed by atoms with E-state index in [-0.39, 0.29) is 5.91 Å². The summed E-state index contributed by atoms with van der Waals surface area (Å²) in [7, 11) is 1.76. The van der Waals surface area contributed by atoms with Crippen LogP contribution in [0, 0.1) is 6.92 Å². The molecule has 1 amide bonds. The highest BCUT2D eigenvalue weighted by atomic mass is 16.3. The van der Waals surface area contributed by atoms with Gasteiger partial charge in [-0.2, -0.15) is 0 Å². The van der Waals surface area contributed by atoms with Crippen LogP contribution in [0.4, 0.5) is 0 Å². The molecule has 2 rings (SSSR count). The third-order valence-corrected chi connectivity index (χ3v) is 3.05. The molecule has 0 aliphatic rings. The van der Waals surface area contributed by atoms with Crippen LogP contribution < -0.4 is 5.73 Å². The number of nitrogens with two attached hydrogens (primary N) is 1. The van der Waals surface area contributed by atoms with Crippen molar-refractivity contribution in [3.8, 4) is 0 Å². The van der Waals surface area contributed by atoms with E-state index in [1.807, 2.05) is 31.2 Å². The second-order valence-electron chi connectivity index (χ2n) is 4.62. The van der Waals surface area contributed by atoms with Crippen molar-refractivity contribution < 1.29 is 9.21 Å². The average Bonchev–Trinajstić information content (AvgIpc) is 2.84. The molecule has 100 valence electrons. The number of hydrogen-bond donors (Lipinski definition) is 1. The van der Waals surface area contributed by atoms with E-state index < -0.39 is 0 Å². The van der Waals surface area contributed by atoms with Crippen LogP contribution in [-0.2, 0) is 13.1 Å². The van der Waals surface area contributed by atoms with Gasteiger partial charge in [-0.25, -0.2) is 0 Å². The zero-order valence-electron chi connectivity index (χ0n) is 11.2. The number of carbonyl (C=O) groups is 1. The van der Waals surface area contributed by atoms with Gasteiger partial charge in [0.25, 0.3) is 5.91 Å². The molecular formula is C15H18N2O2. The second kappa shape index (κ2) is 5.71. The number of hydrogen-bond acceptors (Lipinski definition) is 3. The highest BCUT2D eigenvalue weighted by Gasteiger charge is 2.17. The molecule has 0 atom stereocenters. The van der Waals surface area contributed by atoms with E-state index in [2.05, 4.69) is 0 Å². The van der Waals surface area contributed by atoms with Gasteiger partial charge in [0.15, 0.2) is 5.76 Å². The molecule has 19 heavy (non-hydrogen) atoms. The van der Waals surface area contributed by atoms with Crippen LogP contribution in [-0.4, -0.2) is 17.9 Å². The molecule has 0 aliphatic heterocycles. The van der Waals surface area contributed by atoms with Crippen LogP contribution in [0.25, 0.3) is 0 Å². The van der Waals surface area contributed by atoms with Gasteiger partial charge in [0.1, 0.15) is 0 Å². The lowest BCUT2D eigenvalue weighted by atomic mass is 10.1. The molecule has 0 fully saturated rings. The van der Waals surface area contributed by atoms with Crippen LogP contribution in [0.2, 0.25) is 0 Å². The molecule has 2 N–H and O–H groups in total. The number of nitrogens with zero attached hydrogens (tertiary/aromatic N) is 1. The summed E-state index contributed by atoms with van der Waals surface area (Å²) in [5.74, 6) is 0.290. The molecule has 0 radical (unpaired) electrons. The lowest BCUT2D eigenvalue weighted by Crippen LogP contribution is -2.26. The fraction of sp³-hybridized carbons (Fsp3) is 0.267. The molecule has 0 bridgehead atoms. The number of aryl methyl sites for hydroxylation is 1. The Bertz CT molecular complexity index is 575. The van der Waals surface area contributed by atoms with E-state index >= 15 is 0 Å². The standard InChI is InChI=1S/C15H18N2O2/c1-11-6-7-19-14(11)15(18)17(2)10-13-5-3-4-12(8-13)9-16/h3-8H,9-10,16H2,1-2H3. The lowest BCUT2D eigenvalue weighted by molar-refractivity contribution is 0.0752. The molecule has 0 unspecified atom stereocenters. The normalized spacial score (nSPS) is 10.5. The summed E-state index contributed by atoms with van der Waals surface area (Å²) in [6.45, 7) is 2.90. The maximum absolute atomic E-state index is 12.2. The second-order valence-corrected chi connectivity index (χ2v) is 4.62. The molecule has 0 spiro atoms. The number of carbonyl (C=O) groups excluding carboxylic acids is 1. The summed E-state index contributed by atoms with van der Waals surface area (Å²) in [4.78, 5) is 13.8. The molecule has 1 aromatic heterocycles. The Morgan fingerprint density at radius 2 is 2.05 bits per heavy atom. The smallest absolute Gasteiger partial charge is 0.289 e. The van der Waals surface area contributed by atoms with Gasteiger partial charge in [0.2, 0.25) is 0 Å². The predicted octanol–water partition coefficient (Wildman–Crippen LogP) is 2.32. The Morgan fingerprint density at radius 1 is 1.32 bits per heavy atom. The first-order valence-corrected chi connectivity index (χ1v) is 6.19. The first-order valence-electron chi connectivity index (χ1n) is 6.19. The Balaban J connectivity index is 2.10. The third-order valence-electron chi connectivity index (χ3n) is 3.05. The van der Waals surface area contributed by atoms with Crippen molar-refractivity contribution in [3.63, 3.8) is 0 Å². The molecule has 0 aliphatic carbocycles. The van der Waals surface area contributed by atoms with Crippen LogP contribution in [0.5, 0.6) is 0 Å². The van der Waals surface area contributed by atoms with Gasteiger partial charge in [0, 0.05) is 25.7 Å². The monoisotopic (exact) mass is 258 g/mol. The van der Waals surface area contributed by atoms with E-state index in [0.717, 1.165) is 16.7 Å². The minimum Gasteiger partial charge on any atom is -0.459 e. The molecule has 1 aromatic carbocycles. The fourth-order valence-corrected chi connectivity index (χ4v) is 1.97. The average molecular weight is 258 g/mol. The molecule has 2 aromatic rings. The minimum atomic E-state index is -0.111. The van der Waals surface area contributed by atoms with Crippen molar-refractivity contribution in [2.75, 3.05) is 7.05 Å². The van der Waals surface area contributed by atoms with Gasteiger partial charge in [0.05, 0.1) is 6.26 Å². The van der Waals surface area contributed by atoms with Crippen molar-refractivity contribution in [2.24, 2.45) is 5.73 Å². The maximum Gasteiger partial charge on any atom is 0.289 e. The third kappa shape index (κ3) is 3.03. The zero-order chi connectivity index (χ0) is 13.8. The number of benzene rings is 1. The van der Waals surface area contributed by atoms with Crippen molar-refractivity contribution >= 4 is 5.91 Å². The van der Waals surface area contributed by atoms with E-state index in [4.69, 9.17) is 10.2 Å². The van der Waals surface area contributed by atoms with Crippen molar-refractivity contribution in [3.05, 3.63) is 59.0 Å². The van der Waals surface area contributed by atoms with Gasteiger partial charge in [-0.1, -0.05) is 24.3 Å². The minimum absolute atomic E-state index is 0.111. The number of amides is 1. The van der Waals surface area contributed by atoms with Crippen LogP contribution in [0.3, 0.4) is 0 Å². The Morgan fingerprint density at radius 3 is 2.68 bits per heavy atom. The first kappa shape index (κ1) is 13.4. The Hall–Kier alpha value is -2.07. The summed E-state index contributed by atoms with van der Waals surface area (Å²) in [6, 6.07) is 9.71. The molecule has 1 heterocycles. The topological polar surface area (TPSA) is 59.5 Å². The van der Waals surface area contributed by atoms with Gasteiger partial charge in [-0.15, -0.1) is 0 Å². The van der Waals surface area contributed by atoms with Crippen molar-refractivity contribution in [1.29, 1.82) is 0 Å². The van der Waals surface area contributed by atoms with Crippen LogP contribution in [0.1, 0.15) is 27.2 Å². The molecule has 0 saturated heterocycles. The van der Waals surface area contributed by atoms with Gasteiger partial charge < -0.3 is 15.1 Å². The molecule has 4 nitrogen and oxygen atoms in total. The van der Waals surface area contributed by atoms with E-state index in [1.165, 1.54) is 6.26 Å². The highest BCUT2D eigenvalue weighted by molar-refractivity contribution is 5.92. The molecule has 0 saturated carbocycles. The number of furan rings is 1. The van der Waals surface area contributed by atoms with Gasteiger partial charge in [-0.3, -0.25) is 4.79 Å². The van der Waals surface area contributed by atoms with Gasteiger partial charge in [-0.05, 0) is 24.1 Å². The first-order chi connectivity index (χ1) is 9.11. The van der Waals surface area contributed by atoms with Crippen LogP contribution in [0.15, 0.2) is 41.0 Å². The summed E-state index contributed by atoms with van der Waals surface area (Å²) < 4.78 is 5.22. The number of rotatable bonds is 4. The SMILES string of the molecule is Cc1ccoc1C(=O)N(C)Cc1cccc(CN)c1. The predicted molar refractivity (Wildman–Crippen MR) is 73.6 cm³/mol. The summed E-state index contributed by atoms with van der Waals surface area (Å²) >= 11 is 0. The van der Waals surface area contributed by atoms with Gasteiger partial charge >= 0.3 is 0 Å². The summed E-state index contributed by atoms with van der Waals surface area (Å²) in [6.07, 6.45) is 1.53. The van der Waals surface area contributed by atoms with Crippen LogP contribution >= 0.6 is 0 Å².